The first-order valence-corrected chi connectivity index (χ1v) is 9.44. The predicted molar refractivity (Wildman–Crippen MR) is 104 cm³/mol. The van der Waals surface area contributed by atoms with Crippen molar-refractivity contribution in [2.45, 2.75) is 6.42 Å². The van der Waals surface area contributed by atoms with Crippen LogP contribution in [0.4, 0.5) is 0 Å². The molecule has 0 atom stereocenters. The van der Waals surface area contributed by atoms with Crippen molar-refractivity contribution in [3.63, 3.8) is 0 Å². The maximum absolute atomic E-state index is 12.6. The van der Waals surface area contributed by atoms with Gasteiger partial charge in [-0.2, -0.15) is 9.61 Å². The number of ether oxygens (including phenoxy) is 1. The Morgan fingerprint density at radius 1 is 1.21 bits per heavy atom. The van der Waals surface area contributed by atoms with Gasteiger partial charge in [-0.1, -0.05) is 30.3 Å². The number of morpholine rings is 1. The Balaban J connectivity index is 1.45. The highest BCUT2D eigenvalue weighted by atomic mass is 16.5. The van der Waals surface area contributed by atoms with Crippen LogP contribution in [-0.4, -0.2) is 69.9 Å². The topological polar surface area (TPSA) is 92.0 Å². The van der Waals surface area contributed by atoms with E-state index in [-0.39, 0.29) is 11.8 Å². The smallest absolute Gasteiger partial charge is 0.256 e. The largest absolute Gasteiger partial charge is 0.493 e. The van der Waals surface area contributed by atoms with Gasteiger partial charge in [0.2, 0.25) is 5.88 Å². The molecule has 1 aromatic carbocycles. The number of hydrogen-bond acceptors (Lipinski definition) is 6. The van der Waals surface area contributed by atoms with Crippen molar-refractivity contribution in [2.24, 2.45) is 0 Å². The number of nitrogens with zero attached hydrogens (tertiary/aromatic N) is 4. The summed E-state index contributed by atoms with van der Waals surface area (Å²) in [4.78, 5) is 19.5. The molecule has 0 bridgehead atoms. The molecule has 8 heteroatoms. The summed E-state index contributed by atoms with van der Waals surface area (Å²) in [6.45, 7) is 4.91. The zero-order valence-corrected chi connectivity index (χ0v) is 15.5. The van der Waals surface area contributed by atoms with Gasteiger partial charge in [0.15, 0.2) is 5.65 Å². The summed E-state index contributed by atoms with van der Waals surface area (Å²) < 4.78 is 6.61. The lowest BCUT2D eigenvalue weighted by atomic mass is 10.1. The lowest BCUT2D eigenvalue weighted by Crippen LogP contribution is -2.38. The molecule has 1 fully saturated rings. The lowest BCUT2D eigenvalue weighted by Gasteiger charge is -2.26. The summed E-state index contributed by atoms with van der Waals surface area (Å²) in [6, 6.07) is 11.1. The molecule has 0 aliphatic carbocycles. The zero-order valence-electron chi connectivity index (χ0n) is 15.5. The number of aromatic hydroxyl groups is 1. The van der Waals surface area contributed by atoms with Gasteiger partial charge in [0, 0.05) is 31.3 Å². The minimum absolute atomic E-state index is 0.0600. The molecule has 1 aliphatic heterocycles. The molecule has 4 rings (SSSR count). The van der Waals surface area contributed by atoms with Gasteiger partial charge in [0.25, 0.3) is 5.91 Å². The van der Waals surface area contributed by atoms with Crippen LogP contribution in [0.3, 0.4) is 0 Å². The second-order valence-corrected chi connectivity index (χ2v) is 6.72. The number of carbonyl (C=O) groups is 1. The van der Waals surface area contributed by atoms with E-state index < -0.39 is 0 Å². The number of hydrogen-bond donors (Lipinski definition) is 2. The van der Waals surface area contributed by atoms with E-state index in [0.29, 0.717) is 23.4 Å². The van der Waals surface area contributed by atoms with Gasteiger partial charge in [-0.05, 0) is 13.0 Å². The standard InChI is InChI=1S/C20H23N5O3/c26-18-13-17(15-5-2-1-3-6-15)23-19-16(14-22-25(18)19)20(27)21-7-4-8-24-9-11-28-12-10-24/h1-3,5-6,13-14,26H,4,7-12H2,(H,21,27). The van der Waals surface area contributed by atoms with Crippen LogP contribution in [0.2, 0.25) is 0 Å². The number of rotatable bonds is 6. The molecule has 8 nitrogen and oxygen atoms in total. The molecule has 0 radical (unpaired) electrons. The first kappa shape index (κ1) is 18.4. The third kappa shape index (κ3) is 3.97. The van der Waals surface area contributed by atoms with Crippen molar-refractivity contribution >= 4 is 11.6 Å². The average molecular weight is 381 g/mol. The van der Waals surface area contributed by atoms with Crippen molar-refractivity contribution in [1.29, 1.82) is 0 Å². The molecule has 0 unspecified atom stereocenters. The fourth-order valence-corrected chi connectivity index (χ4v) is 3.29. The maximum Gasteiger partial charge on any atom is 0.256 e. The minimum atomic E-state index is -0.242. The van der Waals surface area contributed by atoms with Gasteiger partial charge >= 0.3 is 0 Å². The summed E-state index contributed by atoms with van der Waals surface area (Å²) >= 11 is 0. The summed E-state index contributed by atoms with van der Waals surface area (Å²) in [7, 11) is 0. The molecule has 0 saturated carbocycles. The van der Waals surface area contributed by atoms with Crippen LogP contribution in [0.1, 0.15) is 16.8 Å². The lowest BCUT2D eigenvalue weighted by molar-refractivity contribution is 0.0374. The highest BCUT2D eigenvalue weighted by Crippen LogP contribution is 2.24. The monoisotopic (exact) mass is 381 g/mol. The zero-order chi connectivity index (χ0) is 19.3. The van der Waals surface area contributed by atoms with Crippen LogP contribution in [0.15, 0.2) is 42.6 Å². The van der Waals surface area contributed by atoms with Gasteiger partial charge in [-0.3, -0.25) is 9.69 Å². The van der Waals surface area contributed by atoms with Crippen molar-refractivity contribution < 1.29 is 14.6 Å². The number of aromatic nitrogens is 3. The highest BCUT2D eigenvalue weighted by Gasteiger charge is 2.17. The number of amides is 1. The number of carbonyl (C=O) groups excluding carboxylic acids is 1. The van der Waals surface area contributed by atoms with E-state index in [9.17, 15) is 9.90 Å². The molecule has 146 valence electrons. The van der Waals surface area contributed by atoms with E-state index in [4.69, 9.17) is 4.74 Å². The van der Waals surface area contributed by atoms with Crippen LogP contribution in [0.25, 0.3) is 16.9 Å². The molecule has 1 aliphatic rings. The van der Waals surface area contributed by atoms with Crippen LogP contribution in [-0.2, 0) is 4.74 Å². The van der Waals surface area contributed by atoms with E-state index in [2.05, 4.69) is 20.3 Å². The third-order valence-electron chi connectivity index (χ3n) is 4.81. The number of nitrogens with one attached hydrogen (secondary N) is 1. The van der Waals surface area contributed by atoms with Gasteiger partial charge in [0.1, 0.15) is 5.56 Å². The van der Waals surface area contributed by atoms with Gasteiger partial charge < -0.3 is 15.2 Å². The number of fused-ring (bicyclic) bond motifs is 1. The summed E-state index contributed by atoms with van der Waals surface area (Å²) in [5.41, 5.74) is 2.13. The van der Waals surface area contributed by atoms with E-state index in [1.165, 1.54) is 10.7 Å². The van der Waals surface area contributed by atoms with Gasteiger partial charge in [0.05, 0.1) is 25.1 Å². The Labute approximate surface area is 162 Å². The second kappa shape index (κ2) is 8.37. The SMILES string of the molecule is O=C(NCCCN1CCOCC1)c1cnn2c(O)cc(-c3ccccc3)nc12. The van der Waals surface area contributed by atoms with Gasteiger partial charge in [-0.25, -0.2) is 4.98 Å². The highest BCUT2D eigenvalue weighted by molar-refractivity contribution is 5.99. The maximum atomic E-state index is 12.6. The Hall–Kier alpha value is -2.97. The van der Waals surface area contributed by atoms with Crippen molar-refractivity contribution in [3.05, 3.63) is 48.2 Å². The molecule has 28 heavy (non-hydrogen) atoms. The Morgan fingerprint density at radius 2 is 2.00 bits per heavy atom. The molecule has 1 saturated heterocycles. The Bertz CT molecular complexity index is 951. The summed E-state index contributed by atoms with van der Waals surface area (Å²) in [6.07, 6.45) is 2.30. The van der Waals surface area contributed by atoms with E-state index in [0.717, 1.165) is 44.8 Å². The van der Waals surface area contributed by atoms with E-state index in [1.54, 1.807) is 6.07 Å². The minimum Gasteiger partial charge on any atom is -0.493 e. The van der Waals surface area contributed by atoms with E-state index >= 15 is 0 Å². The Kier molecular flexibility index (Phi) is 5.50. The average Bonchev–Trinajstić information content (AvgIpc) is 3.17. The second-order valence-electron chi connectivity index (χ2n) is 6.72. The van der Waals surface area contributed by atoms with Crippen LogP contribution in [0, 0.1) is 0 Å². The molecule has 2 aromatic heterocycles. The van der Waals surface area contributed by atoms with Gasteiger partial charge in [-0.15, -0.1) is 0 Å². The van der Waals surface area contributed by atoms with Crippen LogP contribution < -0.4 is 5.32 Å². The molecule has 3 aromatic rings. The molecular weight excluding hydrogens is 358 g/mol. The first-order valence-electron chi connectivity index (χ1n) is 9.44. The normalized spacial score (nSPS) is 15.0. The van der Waals surface area contributed by atoms with Crippen molar-refractivity contribution in [3.8, 4) is 17.1 Å². The van der Waals surface area contributed by atoms with Crippen LogP contribution in [0.5, 0.6) is 5.88 Å². The number of benzene rings is 1. The fourth-order valence-electron chi connectivity index (χ4n) is 3.29. The third-order valence-corrected chi connectivity index (χ3v) is 4.81. The molecule has 3 heterocycles. The van der Waals surface area contributed by atoms with Crippen molar-refractivity contribution in [1.82, 2.24) is 24.8 Å². The van der Waals surface area contributed by atoms with E-state index in [1.807, 2.05) is 30.3 Å². The summed E-state index contributed by atoms with van der Waals surface area (Å²) in [5.74, 6) is -0.302. The Morgan fingerprint density at radius 3 is 2.79 bits per heavy atom. The molecule has 0 spiro atoms. The fraction of sp³-hybridized carbons (Fsp3) is 0.350. The molecular formula is C20H23N5O3. The van der Waals surface area contributed by atoms with Crippen molar-refractivity contribution in [2.75, 3.05) is 39.4 Å². The predicted octanol–water partition coefficient (Wildman–Crippen LogP) is 1.55. The first-order chi connectivity index (χ1) is 13.7. The quantitative estimate of drug-likeness (QED) is 0.630. The van der Waals surface area contributed by atoms with Crippen LogP contribution >= 0.6 is 0 Å². The molecule has 1 amide bonds. The summed E-state index contributed by atoms with van der Waals surface area (Å²) in [5, 5.41) is 17.3. The molecule has 2 N–H and O–H groups in total.